The molecule has 0 N–H and O–H groups in total. The molecule has 0 spiro atoms. The third-order valence-electron chi connectivity index (χ3n) is 3.19. The molecule has 2 nitrogen and oxygen atoms in total. The Morgan fingerprint density at radius 1 is 1.30 bits per heavy atom. The Labute approximate surface area is 129 Å². The SMILES string of the molecule is CCOCOc1c(C(C)PCl)cc(C)cc1C(C)(C)C. The van der Waals surface area contributed by atoms with Crippen molar-refractivity contribution in [2.45, 2.75) is 52.6 Å². The number of hydrogen-bond acceptors (Lipinski definition) is 2. The molecular formula is C16H26ClO2P. The normalized spacial score (nSPS) is 13.9. The molecular weight excluding hydrogens is 291 g/mol. The van der Waals surface area contributed by atoms with Gasteiger partial charge < -0.3 is 9.47 Å². The fourth-order valence-corrected chi connectivity index (χ4v) is 2.77. The van der Waals surface area contributed by atoms with E-state index in [0.29, 0.717) is 14.5 Å². The number of ether oxygens (including phenoxy) is 2. The van der Waals surface area contributed by atoms with E-state index in [1.807, 2.05) is 6.92 Å². The largest absolute Gasteiger partial charge is 0.467 e. The van der Waals surface area contributed by atoms with Gasteiger partial charge in [0.15, 0.2) is 6.79 Å². The molecule has 20 heavy (non-hydrogen) atoms. The van der Waals surface area contributed by atoms with Gasteiger partial charge in [-0.15, -0.1) is 0 Å². The van der Waals surface area contributed by atoms with Crippen LogP contribution in [0.3, 0.4) is 0 Å². The minimum absolute atomic E-state index is 0.0253. The molecule has 114 valence electrons. The van der Waals surface area contributed by atoms with Crippen LogP contribution in [0.2, 0.25) is 0 Å². The highest BCUT2D eigenvalue weighted by molar-refractivity contribution is 7.68. The summed E-state index contributed by atoms with van der Waals surface area (Å²) >= 11 is 6.08. The molecule has 4 heteroatoms. The van der Waals surface area contributed by atoms with Crippen molar-refractivity contribution >= 4 is 19.2 Å². The van der Waals surface area contributed by atoms with E-state index in [1.54, 1.807) is 0 Å². The van der Waals surface area contributed by atoms with Crippen molar-refractivity contribution in [3.05, 3.63) is 28.8 Å². The van der Waals surface area contributed by atoms with E-state index in [1.165, 1.54) is 16.7 Å². The Balaban J connectivity index is 3.30. The van der Waals surface area contributed by atoms with Gasteiger partial charge in [-0.3, -0.25) is 0 Å². The van der Waals surface area contributed by atoms with Crippen molar-refractivity contribution in [1.29, 1.82) is 0 Å². The molecule has 1 aromatic carbocycles. The molecule has 0 aliphatic heterocycles. The molecule has 0 fully saturated rings. The summed E-state index contributed by atoms with van der Waals surface area (Å²) in [7, 11) is 0.338. The van der Waals surface area contributed by atoms with Gasteiger partial charge in [0.05, 0.1) is 0 Å². The van der Waals surface area contributed by atoms with Crippen LogP contribution in [0.25, 0.3) is 0 Å². The van der Waals surface area contributed by atoms with Crippen LogP contribution < -0.4 is 4.74 Å². The molecule has 0 aromatic heterocycles. The first kappa shape index (κ1) is 17.8. The van der Waals surface area contributed by atoms with E-state index in [2.05, 4.69) is 46.8 Å². The minimum Gasteiger partial charge on any atom is -0.467 e. The summed E-state index contributed by atoms with van der Waals surface area (Å²) in [6.45, 7) is 13.8. The summed E-state index contributed by atoms with van der Waals surface area (Å²) in [6.07, 6.45) is 0. The van der Waals surface area contributed by atoms with Crippen LogP contribution in [0.1, 0.15) is 57.0 Å². The van der Waals surface area contributed by atoms with Gasteiger partial charge in [-0.2, -0.15) is 0 Å². The number of hydrogen-bond donors (Lipinski definition) is 0. The lowest BCUT2D eigenvalue weighted by molar-refractivity contribution is 0.0208. The molecule has 0 radical (unpaired) electrons. The topological polar surface area (TPSA) is 18.5 Å². The molecule has 0 saturated carbocycles. The van der Waals surface area contributed by atoms with Gasteiger partial charge >= 0.3 is 0 Å². The molecule has 0 bridgehead atoms. The van der Waals surface area contributed by atoms with E-state index in [4.69, 9.17) is 20.7 Å². The van der Waals surface area contributed by atoms with Crippen LogP contribution in [0, 0.1) is 6.92 Å². The molecule has 0 aliphatic carbocycles. The Kier molecular flexibility index (Phi) is 6.78. The molecule has 0 amide bonds. The molecule has 1 rings (SSSR count). The maximum absolute atomic E-state index is 6.08. The van der Waals surface area contributed by atoms with E-state index >= 15 is 0 Å². The monoisotopic (exact) mass is 316 g/mol. The van der Waals surface area contributed by atoms with Crippen molar-refractivity contribution in [2.75, 3.05) is 13.4 Å². The second kappa shape index (κ2) is 7.64. The highest BCUT2D eigenvalue weighted by Gasteiger charge is 2.24. The summed E-state index contributed by atoms with van der Waals surface area (Å²) < 4.78 is 11.3. The number of aryl methyl sites for hydroxylation is 1. The first-order chi connectivity index (χ1) is 9.31. The standard InChI is InChI=1S/C16H26ClO2P/c1-7-18-10-19-15-13(12(3)20-17)8-11(2)9-14(15)16(4,5)6/h8-9,12,20H,7,10H2,1-6H3. The third-order valence-corrected chi connectivity index (χ3v) is 4.81. The smallest absolute Gasteiger partial charge is 0.189 e. The van der Waals surface area contributed by atoms with Crippen LogP contribution >= 0.6 is 19.2 Å². The van der Waals surface area contributed by atoms with Crippen molar-refractivity contribution in [3.63, 3.8) is 0 Å². The first-order valence-corrected chi connectivity index (χ1v) is 9.11. The summed E-state index contributed by atoms with van der Waals surface area (Å²) in [5.41, 5.74) is 3.96. The Morgan fingerprint density at radius 3 is 2.45 bits per heavy atom. The Bertz CT molecular complexity index is 441. The summed E-state index contributed by atoms with van der Waals surface area (Å²) in [5, 5.41) is 0. The lowest BCUT2D eigenvalue weighted by Gasteiger charge is -2.27. The van der Waals surface area contributed by atoms with Gasteiger partial charge in [-0.05, 0) is 27.2 Å². The summed E-state index contributed by atoms with van der Waals surface area (Å²) in [5.74, 6) is 0.942. The lowest BCUT2D eigenvalue weighted by Crippen LogP contribution is -2.16. The number of rotatable bonds is 6. The average Bonchev–Trinajstić information content (AvgIpc) is 2.37. The molecule has 0 aliphatic rings. The predicted octanol–water partition coefficient (Wildman–Crippen LogP) is 5.56. The van der Waals surface area contributed by atoms with Crippen molar-refractivity contribution < 1.29 is 9.47 Å². The van der Waals surface area contributed by atoms with Gasteiger partial charge in [0.1, 0.15) is 5.75 Å². The van der Waals surface area contributed by atoms with Crippen molar-refractivity contribution in [3.8, 4) is 5.75 Å². The molecule has 1 aromatic rings. The average molecular weight is 317 g/mol. The molecule has 0 heterocycles. The van der Waals surface area contributed by atoms with Gasteiger partial charge in [-0.25, -0.2) is 0 Å². The minimum atomic E-state index is 0.0253. The predicted molar refractivity (Wildman–Crippen MR) is 89.6 cm³/mol. The fraction of sp³-hybridized carbons (Fsp3) is 0.625. The highest BCUT2D eigenvalue weighted by Crippen LogP contribution is 2.45. The van der Waals surface area contributed by atoms with E-state index in [0.717, 1.165) is 5.75 Å². The van der Waals surface area contributed by atoms with Crippen LogP contribution in [0.5, 0.6) is 5.75 Å². The molecule has 0 saturated heterocycles. The quantitative estimate of drug-likeness (QED) is 0.388. The maximum atomic E-state index is 6.08. The van der Waals surface area contributed by atoms with Crippen LogP contribution in [0.4, 0.5) is 0 Å². The molecule has 2 unspecified atom stereocenters. The number of benzene rings is 1. The zero-order chi connectivity index (χ0) is 15.3. The van der Waals surface area contributed by atoms with Gasteiger partial charge in [-0.1, -0.05) is 56.6 Å². The van der Waals surface area contributed by atoms with Crippen LogP contribution in [0.15, 0.2) is 12.1 Å². The van der Waals surface area contributed by atoms with Crippen molar-refractivity contribution in [2.24, 2.45) is 0 Å². The first-order valence-electron chi connectivity index (χ1n) is 7.03. The van der Waals surface area contributed by atoms with Crippen LogP contribution in [-0.4, -0.2) is 13.4 Å². The van der Waals surface area contributed by atoms with E-state index in [9.17, 15) is 0 Å². The zero-order valence-corrected chi connectivity index (χ0v) is 15.1. The Hall–Kier alpha value is -0.300. The second-order valence-electron chi connectivity index (χ2n) is 6.07. The maximum Gasteiger partial charge on any atom is 0.189 e. The highest BCUT2D eigenvalue weighted by atomic mass is 35.7. The van der Waals surface area contributed by atoms with Crippen molar-refractivity contribution in [1.82, 2.24) is 0 Å². The molecule has 2 atom stereocenters. The van der Waals surface area contributed by atoms with Crippen LogP contribution in [-0.2, 0) is 10.2 Å². The number of halogens is 1. The summed E-state index contributed by atoms with van der Waals surface area (Å²) in [4.78, 5) is 0. The van der Waals surface area contributed by atoms with Gasteiger partial charge in [0.2, 0.25) is 0 Å². The lowest BCUT2D eigenvalue weighted by atomic mass is 9.83. The van der Waals surface area contributed by atoms with E-state index in [-0.39, 0.29) is 17.9 Å². The van der Waals surface area contributed by atoms with Gasteiger partial charge in [0, 0.05) is 23.4 Å². The zero-order valence-electron chi connectivity index (χ0n) is 13.3. The third kappa shape index (κ3) is 4.62. The Morgan fingerprint density at radius 2 is 1.95 bits per heavy atom. The summed E-state index contributed by atoms with van der Waals surface area (Å²) in [6, 6.07) is 4.38. The van der Waals surface area contributed by atoms with Gasteiger partial charge in [0.25, 0.3) is 0 Å². The van der Waals surface area contributed by atoms with E-state index < -0.39 is 0 Å². The fourth-order valence-electron chi connectivity index (χ4n) is 2.08. The second-order valence-corrected chi connectivity index (χ2v) is 7.81.